The molecule has 1 aromatic rings. The molecule has 2 aliphatic rings. The van der Waals surface area contributed by atoms with Gasteiger partial charge < -0.3 is 10.0 Å². The average Bonchev–Trinajstić information content (AvgIpc) is 2.85. The van der Waals surface area contributed by atoms with E-state index in [1.165, 1.54) is 31.5 Å². The van der Waals surface area contributed by atoms with Gasteiger partial charge in [-0.3, -0.25) is 4.90 Å². The van der Waals surface area contributed by atoms with Gasteiger partial charge in [-0.05, 0) is 51.4 Å². The summed E-state index contributed by atoms with van der Waals surface area (Å²) in [6.45, 7) is 7.15. The van der Waals surface area contributed by atoms with Crippen LogP contribution in [0.25, 0.3) is 0 Å². The van der Waals surface area contributed by atoms with Gasteiger partial charge in [0.15, 0.2) is 0 Å². The zero-order chi connectivity index (χ0) is 14.3. The number of hydrogen-bond acceptors (Lipinski definition) is 3. The number of anilines is 1. The van der Waals surface area contributed by atoms with E-state index in [2.05, 4.69) is 16.7 Å². The lowest BCUT2D eigenvalue weighted by molar-refractivity contribution is 0.192. The molecule has 0 amide bonds. The highest BCUT2D eigenvalue weighted by molar-refractivity contribution is 5.56. The van der Waals surface area contributed by atoms with Gasteiger partial charge in [-0.15, -0.1) is 0 Å². The Morgan fingerprint density at radius 1 is 1.35 bits per heavy atom. The fraction of sp³-hybridized carbons (Fsp3) is 0.625. The summed E-state index contributed by atoms with van der Waals surface area (Å²) in [6.07, 6.45) is 1.88. The van der Waals surface area contributed by atoms with Crippen LogP contribution in [0.3, 0.4) is 0 Å². The smallest absolute Gasteiger partial charge is 0.123 e. The van der Waals surface area contributed by atoms with E-state index in [0.717, 1.165) is 18.8 Å². The fourth-order valence-corrected chi connectivity index (χ4v) is 3.64. The minimum absolute atomic E-state index is 0.281. The van der Waals surface area contributed by atoms with Gasteiger partial charge in [-0.1, -0.05) is 0 Å². The van der Waals surface area contributed by atoms with Crippen molar-refractivity contribution in [1.82, 2.24) is 4.90 Å². The predicted molar refractivity (Wildman–Crippen MR) is 78.4 cm³/mol. The molecule has 110 valence electrons. The summed E-state index contributed by atoms with van der Waals surface area (Å²) in [6, 6.07) is 5.78. The maximum absolute atomic E-state index is 13.4. The highest BCUT2D eigenvalue weighted by Crippen LogP contribution is 2.33. The van der Waals surface area contributed by atoms with E-state index < -0.39 is 6.10 Å². The van der Waals surface area contributed by atoms with E-state index in [4.69, 9.17) is 0 Å². The minimum atomic E-state index is -0.644. The molecule has 3 atom stereocenters. The molecule has 0 aliphatic carbocycles. The number of rotatable bonds is 2. The molecule has 3 rings (SSSR count). The number of piperazine rings is 1. The molecule has 2 saturated heterocycles. The Balaban J connectivity index is 1.91. The number of aliphatic hydroxyl groups is 1. The monoisotopic (exact) mass is 278 g/mol. The van der Waals surface area contributed by atoms with Gasteiger partial charge in [-0.25, -0.2) is 4.39 Å². The van der Waals surface area contributed by atoms with Crippen LogP contribution < -0.4 is 4.90 Å². The van der Waals surface area contributed by atoms with Crippen molar-refractivity contribution < 1.29 is 9.50 Å². The van der Waals surface area contributed by atoms with Gasteiger partial charge in [0.05, 0.1) is 6.10 Å². The molecule has 0 radical (unpaired) electrons. The summed E-state index contributed by atoms with van der Waals surface area (Å²) >= 11 is 0. The molecule has 0 bridgehead atoms. The molecule has 1 N–H and O–H groups in total. The van der Waals surface area contributed by atoms with Gasteiger partial charge >= 0.3 is 0 Å². The molecule has 1 aromatic carbocycles. The number of benzene rings is 1. The molecule has 0 aromatic heterocycles. The largest absolute Gasteiger partial charge is 0.389 e. The standard InChI is InChI=1S/C16H23FN2O/c1-11-9-18-7-3-4-14(18)10-19(11)16-6-5-13(17)8-15(16)12(2)20/h5-6,8,11-12,14,20H,3-4,7,9-10H2,1-2H3. The van der Waals surface area contributed by atoms with Gasteiger partial charge in [0.25, 0.3) is 0 Å². The first-order valence-electron chi connectivity index (χ1n) is 7.54. The topological polar surface area (TPSA) is 26.7 Å². The van der Waals surface area contributed by atoms with Crippen LogP contribution in [-0.4, -0.2) is 41.7 Å². The van der Waals surface area contributed by atoms with Crippen molar-refractivity contribution in [2.75, 3.05) is 24.5 Å². The molecule has 2 fully saturated rings. The Labute approximate surface area is 120 Å². The van der Waals surface area contributed by atoms with Crippen molar-refractivity contribution in [2.45, 2.75) is 44.9 Å². The second-order valence-electron chi connectivity index (χ2n) is 6.17. The molecule has 2 heterocycles. The molecule has 3 unspecified atom stereocenters. The Morgan fingerprint density at radius 3 is 2.90 bits per heavy atom. The van der Waals surface area contributed by atoms with Crippen LogP contribution in [0.5, 0.6) is 0 Å². The van der Waals surface area contributed by atoms with Crippen LogP contribution in [0.4, 0.5) is 10.1 Å². The number of nitrogens with zero attached hydrogens (tertiary/aromatic N) is 2. The molecule has 0 saturated carbocycles. The summed E-state index contributed by atoms with van der Waals surface area (Å²) in [5, 5.41) is 9.93. The lowest BCUT2D eigenvalue weighted by Crippen LogP contribution is -2.55. The fourth-order valence-electron chi connectivity index (χ4n) is 3.64. The number of halogens is 1. The summed E-state index contributed by atoms with van der Waals surface area (Å²) in [5.74, 6) is -0.281. The SMILES string of the molecule is CC(O)c1cc(F)ccc1N1CC2CCCN2CC1C. The van der Waals surface area contributed by atoms with E-state index in [-0.39, 0.29) is 5.82 Å². The maximum atomic E-state index is 13.4. The van der Waals surface area contributed by atoms with E-state index in [9.17, 15) is 9.50 Å². The molecule has 20 heavy (non-hydrogen) atoms. The van der Waals surface area contributed by atoms with E-state index in [0.29, 0.717) is 17.6 Å². The molecule has 3 nitrogen and oxygen atoms in total. The van der Waals surface area contributed by atoms with Crippen LogP contribution >= 0.6 is 0 Å². The van der Waals surface area contributed by atoms with E-state index >= 15 is 0 Å². The van der Waals surface area contributed by atoms with Crippen molar-refractivity contribution in [3.8, 4) is 0 Å². The van der Waals surface area contributed by atoms with Crippen molar-refractivity contribution in [3.05, 3.63) is 29.6 Å². The van der Waals surface area contributed by atoms with Crippen molar-refractivity contribution in [1.29, 1.82) is 0 Å². The third-order valence-electron chi connectivity index (χ3n) is 4.69. The van der Waals surface area contributed by atoms with Crippen LogP contribution in [0.15, 0.2) is 18.2 Å². The second-order valence-corrected chi connectivity index (χ2v) is 6.17. The Morgan fingerprint density at radius 2 is 2.15 bits per heavy atom. The number of aliphatic hydroxyl groups excluding tert-OH is 1. The lowest BCUT2D eigenvalue weighted by Gasteiger charge is -2.44. The Bertz CT molecular complexity index is 491. The lowest BCUT2D eigenvalue weighted by atomic mass is 10.0. The molecule has 4 heteroatoms. The predicted octanol–water partition coefficient (Wildman–Crippen LogP) is 2.55. The molecule has 2 aliphatic heterocycles. The van der Waals surface area contributed by atoms with Crippen molar-refractivity contribution >= 4 is 5.69 Å². The zero-order valence-corrected chi connectivity index (χ0v) is 12.2. The van der Waals surface area contributed by atoms with E-state index in [1.54, 1.807) is 6.92 Å². The first kappa shape index (κ1) is 13.8. The summed E-state index contributed by atoms with van der Waals surface area (Å²) in [5.41, 5.74) is 1.68. The van der Waals surface area contributed by atoms with E-state index in [1.807, 2.05) is 6.07 Å². The summed E-state index contributed by atoms with van der Waals surface area (Å²) in [7, 11) is 0. The minimum Gasteiger partial charge on any atom is -0.389 e. The van der Waals surface area contributed by atoms with Crippen molar-refractivity contribution in [2.24, 2.45) is 0 Å². The highest BCUT2D eigenvalue weighted by Gasteiger charge is 2.35. The van der Waals surface area contributed by atoms with Gasteiger partial charge in [0.2, 0.25) is 0 Å². The summed E-state index contributed by atoms with van der Waals surface area (Å²) in [4.78, 5) is 4.90. The van der Waals surface area contributed by atoms with Gasteiger partial charge in [0.1, 0.15) is 5.82 Å². The molecular weight excluding hydrogens is 255 g/mol. The first-order valence-corrected chi connectivity index (χ1v) is 7.54. The summed E-state index contributed by atoms with van der Waals surface area (Å²) < 4.78 is 13.4. The number of fused-ring (bicyclic) bond motifs is 1. The molecule has 0 spiro atoms. The van der Waals surface area contributed by atoms with Gasteiger partial charge in [0, 0.05) is 36.4 Å². The zero-order valence-electron chi connectivity index (χ0n) is 12.2. The quantitative estimate of drug-likeness (QED) is 0.900. The van der Waals surface area contributed by atoms with Crippen LogP contribution in [0.2, 0.25) is 0 Å². The Kier molecular flexibility index (Phi) is 3.69. The normalized spacial score (nSPS) is 28.5. The van der Waals surface area contributed by atoms with Crippen molar-refractivity contribution in [3.63, 3.8) is 0 Å². The Hall–Kier alpha value is -1.13. The van der Waals surface area contributed by atoms with Crippen LogP contribution in [-0.2, 0) is 0 Å². The molecular formula is C16H23FN2O. The van der Waals surface area contributed by atoms with Crippen LogP contribution in [0, 0.1) is 5.82 Å². The van der Waals surface area contributed by atoms with Crippen LogP contribution in [0.1, 0.15) is 38.4 Å². The van der Waals surface area contributed by atoms with Gasteiger partial charge in [-0.2, -0.15) is 0 Å². The highest BCUT2D eigenvalue weighted by atomic mass is 19.1. The number of hydrogen-bond donors (Lipinski definition) is 1. The average molecular weight is 278 g/mol. The second kappa shape index (κ2) is 5.34. The first-order chi connectivity index (χ1) is 9.56. The third-order valence-corrected chi connectivity index (χ3v) is 4.69. The maximum Gasteiger partial charge on any atom is 0.123 e. The third kappa shape index (κ3) is 2.42.